The van der Waals surface area contributed by atoms with Gasteiger partial charge in [-0.2, -0.15) is 0 Å². The van der Waals surface area contributed by atoms with E-state index in [1.807, 2.05) is 12.1 Å². The lowest BCUT2D eigenvalue weighted by Crippen LogP contribution is -2.06. The maximum Gasteiger partial charge on any atom is 0.212 e. The molecule has 2 aromatic rings. The van der Waals surface area contributed by atoms with Gasteiger partial charge in [0.05, 0.1) is 7.11 Å². The monoisotopic (exact) mass is 271 g/mol. The van der Waals surface area contributed by atoms with Gasteiger partial charge < -0.3 is 15.8 Å². The Kier molecular flexibility index (Phi) is 3.37. The van der Waals surface area contributed by atoms with Gasteiger partial charge in [0.15, 0.2) is 0 Å². The molecular formula is C14H17N5O. The molecule has 0 unspecified atom stereocenters. The van der Waals surface area contributed by atoms with Gasteiger partial charge in [0.25, 0.3) is 0 Å². The van der Waals surface area contributed by atoms with Crippen molar-refractivity contribution in [3.8, 4) is 5.88 Å². The van der Waals surface area contributed by atoms with Crippen molar-refractivity contribution in [3.05, 3.63) is 35.8 Å². The molecule has 0 aliphatic heterocycles. The van der Waals surface area contributed by atoms with E-state index in [1.165, 1.54) is 0 Å². The van der Waals surface area contributed by atoms with Crippen LogP contribution in [0, 0.1) is 0 Å². The highest BCUT2D eigenvalue weighted by Gasteiger charge is 2.27. The molecule has 0 aromatic carbocycles. The van der Waals surface area contributed by atoms with Crippen molar-refractivity contribution < 1.29 is 4.74 Å². The molecule has 0 atom stereocenters. The highest BCUT2D eigenvalue weighted by atomic mass is 16.5. The summed E-state index contributed by atoms with van der Waals surface area (Å²) in [7, 11) is 1.60. The Balaban J connectivity index is 1.67. The molecule has 1 saturated carbocycles. The van der Waals surface area contributed by atoms with Gasteiger partial charge in [-0.15, -0.1) is 0 Å². The van der Waals surface area contributed by atoms with Crippen LogP contribution in [-0.4, -0.2) is 22.1 Å². The van der Waals surface area contributed by atoms with Crippen molar-refractivity contribution in [2.45, 2.75) is 25.3 Å². The molecule has 0 bridgehead atoms. The Morgan fingerprint density at radius 2 is 2.20 bits per heavy atom. The summed E-state index contributed by atoms with van der Waals surface area (Å²) in [5.74, 6) is 3.21. The van der Waals surface area contributed by atoms with Gasteiger partial charge in [-0.05, 0) is 18.4 Å². The fourth-order valence-corrected chi connectivity index (χ4v) is 1.93. The number of pyridine rings is 1. The van der Waals surface area contributed by atoms with E-state index < -0.39 is 0 Å². The molecule has 3 N–H and O–H groups in total. The third-order valence-corrected chi connectivity index (χ3v) is 3.19. The predicted octanol–water partition coefficient (Wildman–Crippen LogP) is 1.95. The topological polar surface area (TPSA) is 86.0 Å². The SMILES string of the molecule is COc1ccc(CNc2cc(N)nc(C3CC3)n2)cn1. The minimum atomic E-state index is 0.488. The lowest BCUT2D eigenvalue weighted by atomic mass is 10.3. The molecule has 2 aromatic heterocycles. The molecule has 3 rings (SSSR count). The Morgan fingerprint density at radius 3 is 2.85 bits per heavy atom. The first kappa shape index (κ1) is 12.7. The minimum absolute atomic E-state index is 0.488. The third-order valence-electron chi connectivity index (χ3n) is 3.19. The zero-order chi connectivity index (χ0) is 13.9. The summed E-state index contributed by atoms with van der Waals surface area (Å²) in [6.45, 7) is 0.636. The highest BCUT2D eigenvalue weighted by Crippen LogP contribution is 2.38. The van der Waals surface area contributed by atoms with E-state index in [9.17, 15) is 0 Å². The first-order valence-corrected chi connectivity index (χ1v) is 6.62. The van der Waals surface area contributed by atoms with Crippen LogP contribution in [0.1, 0.15) is 30.1 Å². The summed E-state index contributed by atoms with van der Waals surface area (Å²) in [4.78, 5) is 12.9. The molecule has 0 spiro atoms. The van der Waals surface area contributed by atoms with Crippen molar-refractivity contribution in [3.63, 3.8) is 0 Å². The summed E-state index contributed by atoms with van der Waals surface area (Å²) >= 11 is 0. The van der Waals surface area contributed by atoms with Crippen LogP contribution in [0.5, 0.6) is 5.88 Å². The average molecular weight is 271 g/mol. The van der Waals surface area contributed by atoms with E-state index in [1.54, 1.807) is 19.4 Å². The molecule has 2 heterocycles. The fourth-order valence-electron chi connectivity index (χ4n) is 1.93. The first-order chi connectivity index (χ1) is 9.74. The number of anilines is 2. The van der Waals surface area contributed by atoms with Gasteiger partial charge in [-0.1, -0.05) is 6.07 Å². The molecule has 6 nitrogen and oxygen atoms in total. The van der Waals surface area contributed by atoms with E-state index in [0.717, 1.165) is 30.0 Å². The number of hydrogen-bond acceptors (Lipinski definition) is 6. The zero-order valence-corrected chi connectivity index (χ0v) is 11.3. The van der Waals surface area contributed by atoms with Crippen LogP contribution in [0.4, 0.5) is 11.6 Å². The van der Waals surface area contributed by atoms with Gasteiger partial charge in [0.2, 0.25) is 5.88 Å². The van der Waals surface area contributed by atoms with Crippen molar-refractivity contribution in [2.24, 2.45) is 0 Å². The van der Waals surface area contributed by atoms with Gasteiger partial charge in [0.1, 0.15) is 17.5 Å². The largest absolute Gasteiger partial charge is 0.481 e. The quantitative estimate of drug-likeness (QED) is 0.864. The molecule has 1 aliphatic carbocycles. The Morgan fingerprint density at radius 1 is 1.35 bits per heavy atom. The maximum atomic E-state index is 5.81. The lowest BCUT2D eigenvalue weighted by Gasteiger charge is -2.08. The second-order valence-electron chi connectivity index (χ2n) is 4.87. The van der Waals surface area contributed by atoms with Gasteiger partial charge in [-0.3, -0.25) is 0 Å². The number of nitrogens with one attached hydrogen (secondary N) is 1. The molecule has 0 amide bonds. The Hall–Kier alpha value is -2.37. The number of nitrogens with zero attached hydrogens (tertiary/aromatic N) is 3. The molecule has 1 fully saturated rings. The van der Waals surface area contributed by atoms with Gasteiger partial charge in [-0.25, -0.2) is 15.0 Å². The summed E-state index contributed by atoms with van der Waals surface area (Å²) < 4.78 is 5.03. The van der Waals surface area contributed by atoms with Crippen LogP contribution in [-0.2, 0) is 6.54 Å². The van der Waals surface area contributed by atoms with Crippen LogP contribution in [0.2, 0.25) is 0 Å². The fraction of sp³-hybridized carbons (Fsp3) is 0.357. The number of ether oxygens (including phenoxy) is 1. The van der Waals surface area contributed by atoms with E-state index in [0.29, 0.717) is 24.2 Å². The van der Waals surface area contributed by atoms with Crippen LogP contribution in [0.15, 0.2) is 24.4 Å². The number of nitrogens with two attached hydrogens (primary N) is 1. The molecule has 1 aliphatic rings. The normalized spacial score (nSPS) is 14.1. The average Bonchev–Trinajstić information content (AvgIpc) is 3.30. The third kappa shape index (κ3) is 2.96. The number of methoxy groups -OCH3 is 1. The van der Waals surface area contributed by atoms with Crippen LogP contribution in [0.3, 0.4) is 0 Å². The molecule has 6 heteroatoms. The first-order valence-electron chi connectivity index (χ1n) is 6.62. The van der Waals surface area contributed by atoms with Crippen LogP contribution in [0.25, 0.3) is 0 Å². The summed E-state index contributed by atoms with van der Waals surface area (Å²) in [5.41, 5.74) is 6.86. The summed E-state index contributed by atoms with van der Waals surface area (Å²) in [5, 5.41) is 3.25. The Labute approximate surface area is 117 Å². The molecule has 0 radical (unpaired) electrons. The standard InChI is InChI=1S/C14H17N5O/c1-20-13-5-2-9(8-17-13)7-16-12-6-11(15)18-14(19-12)10-3-4-10/h2,5-6,8,10H,3-4,7H2,1H3,(H3,15,16,18,19). The summed E-state index contributed by atoms with van der Waals surface area (Å²) in [6.07, 6.45) is 4.09. The number of rotatable bonds is 5. The molecule has 104 valence electrons. The second kappa shape index (κ2) is 5.32. The van der Waals surface area contributed by atoms with E-state index in [-0.39, 0.29) is 0 Å². The Bertz CT molecular complexity index is 595. The highest BCUT2D eigenvalue weighted by molar-refractivity contribution is 5.45. The molecule has 0 saturated heterocycles. The van der Waals surface area contributed by atoms with E-state index in [2.05, 4.69) is 20.3 Å². The number of hydrogen-bond donors (Lipinski definition) is 2. The number of aromatic nitrogens is 3. The molecular weight excluding hydrogens is 254 g/mol. The lowest BCUT2D eigenvalue weighted by molar-refractivity contribution is 0.397. The predicted molar refractivity (Wildman–Crippen MR) is 76.5 cm³/mol. The van der Waals surface area contributed by atoms with Crippen molar-refractivity contribution in [1.29, 1.82) is 0 Å². The zero-order valence-electron chi connectivity index (χ0n) is 11.3. The number of nitrogen functional groups attached to an aromatic ring is 1. The minimum Gasteiger partial charge on any atom is -0.481 e. The maximum absolute atomic E-state index is 5.81. The van der Waals surface area contributed by atoms with Crippen molar-refractivity contribution in [1.82, 2.24) is 15.0 Å². The van der Waals surface area contributed by atoms with E-state index >= 15 is 0 Å². The van der Waals surface area contributed by atoms with Gasteiger partial charge in [0, 0.05) is 30.8 Å². The van der Waals surface area contributed by atoms with Gasteiger partial charge >= 0.3 is 0 Å². The van der Waals surface area contributed by atoms with E-state index in [4.69, 9.17) is 10.5 Å². The molecule has 20 heavy (non-hydrogen) atoms. The van der Waals surface area contributed by atoms with Crippen molar-refractivity contribution in [2.75, 3.05) is 18.2 Å². The van der Waals surface area contributed by atoms with Crippen molar-refractivity contribution >= 4 is 11.6 Å². The smallest absolute Gasteiger partial charge is 0.212 e. The summed E-state index contributed by atoms with van der Waals surface area (Å²) in [6, 6.07) is 5.55. The van der Waals surface area contributed by atoms with Crippen LogP contribution < -0.4 is 15.8 Å². The van der Waals surface area contributed by atoms with Crippen LogP contribution >= 0.6 is 0 Å². The second-order valence-corrected chi connectivity index (χ2v) is 4.87.